The van der Waals surface area contributed by atoms with Gasteiger partial charge in [0.2, 0.25) is 0 Å². The molecule has 13 aromatic carbocycles. The molecule has 3 heterocycles. The molecule has 2 aromatic heterocycles. The summed E-state index contributed by atoms with van der Waals surface area (Å²) < 4.78 is 5.09. The predicted octanol–water partition coefficient (Wildman–Crippen LogP) is 10.3. The number of para-hydroxylation sites is 2. The lowest BCUT2D eigenvalue weighted by Crippen LogP contribution is -2.93. The van der Waals surface area contributed by atoms with Crippen LogP contribution in [0.2, 0.25) is 0 Å². The quantitative estimate of drug-likeness (QED) is 0.0954. The predicted molar refractivity (Wildman–Crippen MR) is 360 cm³/mol. The zero-order valence-electron chi connectivity index (χ0n) is 45.7. The summed E-state index contributed by atoms with van der Waals surface area (Å²) in [6, 6.07) is 130. The first-order chi connectivity index (χ1) is 41.2. The van der Waals surface area contributed by atoms with Crippen molar-refractivity contribution in [3.05, 3.63) is 340 Å². The van der Waals surface area contributed by atoms with Crippen molar-refractivity contribution in [1.29, 1.82) is 0 Å². The van der Waals surface area contributed by atoms with Crippen LogP contribution in [0.25, 0.3) is 55.0 Å². The molecule has 0 radical (unpaired) electrons. The molecule has 0 saturated carbocycles. The molecule has 83 heavy (non-hydrogen) atoms. The molecule has 0 saturated heterocycles. The molecule has 1 aliphatic heterocycles. The van der Waals surface area contributed by atoms with Gasteiger partial charge in [0, 0.05) is 27.2 Å². The third-order valence-corrected chi connectivity index (χ3v) is 33.3. The summed E-state index contributed by atoms with van der Waals surface area (Å²) in [6.45, 7) is 0. The maximum atomic E-state index is 2.61. The van der Waals surface area contributed by atoms with Gasteiger partial charge >= 0.3 is 0 Å². The molecular weight excluding hydrogens is 1050 g/mol. The summed E-state index contributed by atoms with van der Waals surface area (Å²) >= 11 is 0. The maximum Gasteiger partial charge on any atom is 0.179 e. The van der Waals surface area contributed by atoms with Crippen molar-refractivity contribution < 1.29 is 0 Å². The molecular formula is C78H56N2Si3. The molecule has 16 rings (SSSR count). The van der Waals surface area contributed by atoms with Crippen LogP contribution < -0.4 is 62.2 Å². The van der Waals surface area contributed by atoms with Crippen LogP contribution in [0.5, 0.6) is 0 Å². The zero-order valence-corrected chi connectivity index (χ0v) is 48.7. The van der Waals surface area contributed by atoms with E-state index in [-0.39, 0.29) is 0 Å². The van der Waals surface area contributed by atoms with Gasteiger partial charge in [0.25, 0.3) is 0 Å². The van der Waals surface area contributed by atoms with E-state index < -0.39 is 24.2 Å². The van der Waals surface area contributed by atoms with Crippen LogP contribution >= 0.6 is 0 Å². The van der Waals surface area contributed by atoms with Crippen molar-refractivity contribution in [2.45, 2.75) is 0 Å². The number of nitrogens with zero attached hydrogens (tertiary/aromatic N) is 2. The van der Waals surface area contributed by atoms with Crippen molar-refractivity contribution in [3.8, 4) is 11.4 Å². The number of hydrogen-bond donors (Lipinski definition) is 0. The Bertz CT molecular complexity index is 4700. The number of benzene rings is 13. The van der Waals surface area contributed by atoms with E-state index in [0.717, 1.165) is 5.69 Å². The average molecular weight is 1110 g/mol. The highest BCUT2D eigenvalue weighted by molar-refractivity contribution is 7.33. The second kappa shape index (κ2) is 19.7. The summed E-state index contributed by atoms with van der Waals surface area (Å²) in [5.74, 6) is 0. The summed E-state index contributed by atoms with van der Waals surface area (Å²) in [7, 11) is -8.75. The van der Waals surface area contributed by atoms with Gasteiger partial charge in [-0.3, -0.25) is 0 Å². The van der Waals surface area contributed by atoms with Gasteiger partial charge < -0.3 is 9.13 Å². The summed E-state index contributed by atoms with van der Waals surface area (Å²) in [6.07, 6.45) is 0. The van der Waals surface area contributed by atoms with Gasteiger partial charge in [-0.2, -0.15) is 0 Å². The van der Waals surface area contributed by atoms with E-state index in [1.807, 2.05) is 0 Å². The molecule has 2 nitrogen and oxygen atoms in total. The summed E-state index contributed by atoms with van der Waals surface area (Å²) in [5, 5.41) is 21.9. The van der Waals surface area contributed by atoms with Gasteiger partial charge in [0.1, 0.15) is 0 Å². The van der Waals surface area contributed by atoms with Crippen LogP contribution in [-0.4, -0.2) is 33.4 Å². The molecule has 390 valence electrons. The van der Waals surface area contributed by atoms with Crippen LogP contribution in [0.4, 0.5) is 0 Å². The topological polar surface area (TPSA) is 9.86 Å². The Balaban J connectivity index is 0.942. The van der Waals surface area contributed by atoms with Gasteiger partial charge in [0.15, 0.2) is 24.2 Å². The van der Waals surface area contributed by atoms with Crippen molar-refractivity contribution in [1.82, 2.24) is 9.13 Å². The first kappa shape index (κ1) is 49.0. The SMILES string of the molecule is c1ccc([Si](c2ccccc2)(c2ccccc2)c2ccc(-n3c4ccccc4c4c(-n5c6ccccc6c6ccc([Si]7(c8ccccc8)c8ccccc8[Si](c8ccccc8)(c8ccccc8)c8ccccc87)cc65)cccc43)cc2)cc1. The highest BCUT2D eigenvalue weighted by atomic mass is 28.3. The van der Waals surface area contributed by atoms with Crippen LogP contribution in [0, 0.1) is 0 Å². The smallest absolute Gasteiger partial charge is 0.179 e. The number of aromatic nitrogens is 2. The van der Waals surface area contributed by atoms with Gasteiger partial charge in [-0.15, -0.1) is 0 Å². The van der Waals surface area contributed by atoms with Crippen molar-refractivity contribution in [2.75, 3.05) is 0 Å². The van der Waals surface area contributed by atoms with Crippen LogP contribution in [0.15, 0.2) is 340 Å². The van der Waals surface area contributed by atoms with Gasteiger partial charge in [-0.25, -0.2) is 0 Å². The maximum absolute atomic E-state index is 3.12. The van der Waals surface area contributed by atoms with Gasteiger partial charge in [-0.1, -0.05) is 297 Å². The molecule has 0 unspecified atom stereocenters. The average Bonchev–Trinajstić information content (AvgIpc) is 1.22. The van der Waals surface area contributed by atoms with E-state index in [1.165, 1.54) is 112 Å². The standard InChI is InChI=1S/C78H56N2Si3/c1-7-28-58(29-8-1)81(59-30-9-2-10-31-59,60-32-11-3-12-33-60)64-52-50-57(51-53-64)79-70-43-22-20-41-68(70)78-71(79)44-27-45-72(78)80-69-42-21-19-40-66(69)67-55-54-65(56-73(67)80)83(63-38-17-6-18-39-63)76-48-25-23-46-74(76)82(61-34-13-4-14-35-61,62-36-15-5-16-37-62)75-47-24-26-49-77(75)83/h1-56H. The monoisotopic (exact) mass is 1100 g/mol. The highest BCUT2D eigenvalue weighted by Crippen LogP contribution is 2.40. The molecule has 0 bridgehead atoms. The molecule has 0 amide bonds. The number of hydrogen-bond acceptors (Lipinski definition) is 0. The van der Waals surface area contributed by atoms with E-state index in [4.69, 9.17) is 0 Å². The van der Waals surface area contributed by atoms with Crippen LogP contribution in [0.3, 0.4) is 0 Å². The van der Waals surface area contributed by atoms with E-state index >= 15 is 0 Å². The second-order valence-corrected chi connectivity index (χ2v) is 33.5. The van der Waals surface area contributed by atoms with E-state index in [2.05, 4.69) is 349 Å². The Morgan fingerprint density at radius 1 is 0.229 bits per heavy atom. The third kappa shape index (κ3) is 7.12. The minimum Gasteiger partial charge on any atom is -0.309 e. The normalized spacial score (nSPS) is 13.5. The van der Waals surface area contributed by atoms with E-state index in [9.17, 15) is 0 Å². The van der Waals surface area contributed by atoms with E-state index in [1.54, 1.807) is 0 Å². The molecule has 0 spiro atoms. The Kier molecular flexibility index (Phi) is 11.6. The molecule has 0 atom stereocenters. The molecule has 1 aliphatic rings. The third-order valence-electron chi connectivity index (χ3n) is 18.3. The van der Waals surface area contributed by atoms with Crippen LogP contribution in [0.1, 0.15) is 0 Å². The summed E-state index contributed by atoms with van der Waals surface area (Å²) in [5.41, 5.74) is 7.05. The van der Waals surface area contributed by atoms with E-state index in [0.29, 0.717) is 0 Å². The first-order valence-corrected chi connectivity index (χ1v) is 34.9. The fourth-order valence-electron chi connectivity index (χ4n) is 15.1. The lowest BCUT2D eigenvalue weighted by Gasteiger charge is -2.48. The minimum absolute atomic E-state index is 1.13. The molecule has 0 aliphatic carbocycles. The lowest BCUT2D eigenvalue weighted by molar-refractivity contribution is 1.17. The Hall–Kier alpha value is -9.89. The molecule has 15 aromatic rings. The molecule has 0 fully saturated rings. The number of fused-ring (bicyclic) bond motifs is 8. The minimum atomic E-state index is -3.12. The number of rotatable bonds is 10. The van der Waals surface area contributed by atoms with Gasteiger partial charge in [-0.05, 0) is 105 Å². The first-order valence-electron chi connectivity index (χ1n) is 28.9. The van der Waals surface area contributed by atoms with Crippen molar-refractivity contribution >= 4 is 130 Å². The zero-order chi connectivity index (χ0) is 55.0. The fraction of sp³-hybridized carbons (Fsp3) is 0. The fourth-order valence-corrected chi connectivity index (χ4v) is 31.9. The van der Waals surface area contributed by atoms with Gasteiger partial charge in [0.05, 0.1) is 27.8 Å². The van der Waals surface area contributed by atoms with Crippen molar-refractivity contribution in [2.24, 2.45) is 0 Å². The lowest BCUT2D eigenvalue weighted by atomic mass is 10.1. The highest BCUT2D eigenvalue weighted by Gasteiger charge is 2.56. The Morgan fingerprint density at radius 3 is 1.07 bits per heavy atom. The summed E-state index contributed by atoms with van der Waals surface area (Å²) in [4.78, 5) is 0. The largest absolute Gasteiger partial charge is 0.309 e. The van der Waals surface area contributed by atoms with Crippen LogP contribution in [-0.2, 0) is 0 Å². The molecule has 0 N–H and O–H groups in total. The van der Waals surface area contributed by atoms with Crippen molar-refractivity contribution in [3.63, 3.8) is 0 Å². The Labute approximate surface area is 487 Å². The Morgan fingerprint density at radius 2 is 0.590 bits per heavy atom. The second-order valence-electron chi connectivity index (χ2n) is 22.2. The molecule has 5 heteroatoms.